The lowest BCUT2D eigenvalue weighted by Gasteiger charge is -2.35. The molecule has 1 aromatic carbocycles. The van der Waals surface area contributed by atoms with Crippen molar-refractivity contribution in [2.75, 3.05) is 0 Å². The highest BCUT2D eigenvalue weighted by molar-refractivity contribution is 6.03. The third kappa shape index (κ3) is 2.60. The smallest absolute Gasteiger partial charge is 0.303 e. The third-order valence-electron chi connectivity index (χ3n) is 3.97. The summed E-state index contributed by atoms with van der Waals surface area (Å²) in [7, 11) is 0. The Morgan fingerprint density at radius 2 is 2.16 bits per heavy atom. The molecule has 2 rings (SSSR count). The van der Waals surface area contributed by atoms with E-state index in [1.165, 1.54) is 0 Å². The number of hydrogen-bond acceptors (Lipinski definition) is 2. The first-order valence-electron chi connectivity index (χ1n) is 6.54. The largest absolute Gasteiger partial charge is 0.481 e. The van der Waals surface area contributed by atoms with Crippen LogP contribution < -0.4 is 0 Å². The molecule has 3 heteroatoms. The Bertz CT molecular complexity index is 518. The fourth-order valence-electron chi connectivity index (χ4n) is 2.89. The highest BCUT2D eigenvalue weighted by atomic mass is 16.4. The predicted octanol–water partition coefficient (Wildman–Crippen LogP) is 3.24. The molecule has 19 heavy (non-hydrogen) atoms. The van der Waals surface area contributed by atoms with Gasteiger partial charge in [0.15, 0.2) is 5.78 Å². The second-order valence-electron chi connectivity index (χ2n) is 5.15. The number of ketones is 1. The van der Waals surface area contributed by atoms with Crippen molar-refractivity contribution in [3.05, 3.63) is 48.0 Å². The van der Waals surface area contributed by atoms with Crippen LogP contribution >= 0.6 is 0 Å². The Hall–Kier alpha value is -1.90. The van der Waals surface area contributed by atoms with E-state index in [2.05, 4.69) is 6.58 Å². The number of hydrogen-bond donors (Lipinski definition) is 1. The maximum Gasteiger partial charge on any atom is 0.303 e. The number of carboxylic acid groups (broad SMARTS) is 1. The summed E-state index contributed by atoms with van der Waals surface area (Å²) in [5.41, 5.74) is 1.25. The van der Waals surface area contributed by atoms with Crippen LogP contribution in [0.3, 0.4) is 0 Å². The average Bonchev–Trinajstić information content (AvgIpc) is 2.41. The molecule has 1 aromatic rings. The van der Waals surface area contributed by atoms with Gasteiger partial charge in [0.1, 0.15) is 0 Å². The van der Waals surface area contributed by atoms with Crippen molar-refractivity contribution in [1.29, 1.82) is 0 Å². The Labute approximate surface area is 113 Å². The fraction of sp³-hybridized carbons (Fsp3) is 0.375. The minimum absolute atomic E-state index is 0.0295. The standard InChI is InChI=1S/C16H18O3/c1-2-9-16(11-8-14(17)18)10-7-12-5-3-4-6-13(12)15(16)19/h2-6H,1,7-11H2,(H,17,18)/t16-/m1/s1. The summed E-state index contributed by atoms with van der Waals surface area (Å²) in [6.07, 6.45) is 4.24. The molecule has 0 aliphatic heterocycles. The predicted molar refractivity (Wildman–Crippen MR) is 73.2 cm³/mol. The average molecular weight is 258 g/mol. The van der Waals surface area contributed by atoms with Gasteiger partial charge in [-0.1, -0.05) is 30.3 Å². The van der Waals surface area contributed by atoms with Gasteiger partial charge in [-0.15, -0.1) is 6.58 Å². The quantitative estimate of drug-likeness (QED) is 0.825. The van der Waals surface area contributed by atoms with E-state index in [0.717, 1.165) is 17.5 Å². The van der Waals surface area contributed by atoms with E-state index in [1.807, 2.05) is 24.3 Å². The Morgan fingerprint density at radius 3 is 2.84 bits per heavy atom. The molecule has 100 valence electrons. The summed E-state index contributed by atoms with van der Waals surface area (Å²) in [6, 6.07) is 7.61. The van der Waals surface area contributed by atoms with Crippen molar-refractivity contribution in [3.8, 4) is 0 Å². The highest BCUT2D eigenvalue weighted by Crippen LogP contribution is 2.42. The van der Waals surface area contributed by atoms with Crippen LogP contribution in [-0.2, 0) is 11.2 Å². The lowest BCUT2D eigenvalue weighted by atomic mass is 9.66. The molecular formula is C16H18O3. The summed E-state index contributed by atoms with van der Waals surface area (Å²) in [6.45, 7) is 3.72. The number of carbonyl (C=O) groups is 2. The minimum atomic E-state index is -0.852. The van der Waals surface area contributed by atoms with E-state index in [9.17, 15) is 9.59 Å². The summed E-state index contributed by atoms with van der Waals surface area (Å²) in [4.78, 5) is 23.5. The molecular weight excluding hydrogens is 240 g/mol. The highest BCUT2D eigenvalue weighted by Gasteiger charge is 2.41. The van der Waals surface area contributed by atoms with E-state index < -0.39 is 11.4 Å². The van der Waals surface area contributed by atoms with Gasteiger partial charge in [0.05, 0.1) is 0 Å². The van der Waals surface area contributed by atoms with E-state index in [1.54, 1.807) is 6.08 Å². The molecule has 0 radical (unpaired) electrons. The molecule has 0 bridgehead atoms. The second-order valence-corrected chi connectivity index (χ2v) is 5.15. The molecule has 0 unspecified atom stereocenters. The van der Waals surface area contributed by atoms with Gasteiger partial charge in [0.2, 0.25) is 0 Å². The van der Waals surface area contributed by atoms with Crippen molar-refractivity contribution < 1.29 is 14.7 Å². The maximum atomic E-state index is 12.7. The van der Waals surface area contributed by atoms with Crippen LogP contribution in [0, 0.1) is 5.41 Å². The number of fused-ring (bicyclic) bond motifs is 1. The van der Waals surface area contributed by atoms with Gasteiger partial charge in [-0.3, -0.25) is 9.59 Å². The molecule has 0 aromatic heterocycles. The van der Waals surface area contributed by atoms with Crippen LogP contribution in [0.25, 0.3) is 0 Å². The second kappa shape index (κ2) is 5.39. The molecule has 3 nitrogen and oxygen atoms in total. The first-order valence-corrected chi connectivity index (χ1v) is 6.54. The van der Waals surface area contributed by atoms with Crippen LogP contribution in [0.4, 0.5) is 0 Å². The number of aryl methyl sites for hydroxylation is 1. The SMILES string of the molecule is C=CC[C@]1(CCC(=O)O)CCc2ccccc2C1=O. The molecule has 1 aliphatic carbocycles. The lowest BCUT2D eigenvalue weighted by molar-refractivity contribution is -0.137. The van der Waals surface area contributed by atoms with Crippen LogP contribution in [0.15, 0.2) is 36.9 Å². The van der Waals surface area contributed by atoms with Crippen molar-refractivity contribution in [3.63, 3.8) is 0 Å². The van der Waals surface area contributed by atoms with Crippen molar-refractivity contribution in [2.45, 2.75) is 32.1 Å². The summed E-state index contributed by atoms with van der Waals surface area (Å²) < 4.78 is 0. The molecule has 0 saturated heterocycles. The number of carbonyl (C=O) groups excluding carboxylic acids is 1. The van der Waals surface area contributed by atoms with Gasteiger partial charge in [0, 0.05) is 17.4 Å². The van der Waals surface area contributed by atoms with Crippen molar-refractivity contribution in [1.82, 2.24) is 0 Å². The van der Waals surface area contributed by atoms with Gasteiger partial charge < -0.3 is 5.11 Å². The zero-order chi connectivity index (χ0) is 13.9. The van der Waals surface area contributed by atoms with Crippen LogP contribution in [0.1, 0.15) is 41.6 Å². The number of benzene rings is 1. The summed E-state index contributed by atoms with van der Waals surface area (Å²) in [5, 5.41) is 8.87. The van der Waals surface area contributed by atoms with E-state index in [-0.39, 0.29) is 12.2 Å². The molecule has 0 heterocycles. The number of allylic oxidation sites excluding steroid dienone is 1. The van der Waals surface area contributed by atoms with Gasteiger partial charge in [-0.2, -0.15) is 0 Å². The van der Waals surface area contributed by atoms with Gasteiger partial charge in [-0.05, 0) is 31.2 Å². The maximum absolute atomic E-state index is 12.7. The first-order chi connectivity index (χ1) is 9.09. The Kier molecular flexibility index (Phi) is 3.84. The van der Waals surface area contributed by atoms with Gasteiger partial charge in [0.25, 0.3) is 0 Å². The molecule has 0 fully saturated rings. The Balaban J connectivity index is 2.33. The number of carboxylic acids is 1. The van der Waals surface area contributed by atoms with Crippen molar-refractivity contribution >= 4 is 11.8 Å². The zero-order valence-electron chi connectivity index (χ0n) is 10.9. The number of rotatable bonds is 5. The molecule has 1 N–H and O–H groups in total. The zero-order valence-corrected chi connectivity index (χ0v) is 10.9. The fourth-order valence-corrected chi connectivity index (χ4v) is 2.89. The van der Waals surface area contributed by atoms with Crippen LogP contribution in [0.5, 0.6) is 0 Å². The first kappa shape index (κ1) is 13.5. The minimum Gasteiger partial charge on any atom is -0.481 e. The third-order valence-corrected chi connectivity index (χ3v) is 3.97. The monoisotopic (exact) mass is 258 g/mol. The van der Waals surface area contributed by atoms with E-state index in [4.69, 9.17) is 5.11 Å². The van der Waals surface area contributed by atoms with Crippen LogP contribution in [-0.4, -0.2) is 16.9 Å². The van der Waals surface area contributed by atoms with Gasteiger partial charge >= 0.3 is 5.97 Å². The topological polar surface area (TPSA) is 54.4 Å². The van der Waals surface area contributed by atoms with Gasteiger partial charge in [-0.25, -0.2) is 0 Å². The van der Waals surface area contributed by atoms with E-state index in [0.29, 0.717) is 19.3 Å². The normalized spacial score (nSPS) is 21.8. The number of aliphatic carboxylic acids is 1. The summed E-state index contributed by atoms with van der Waals surface area (Å²) >= 11 is 0. The Morgan fingerprint density at radius 1 is 1.42 bits per heavy atom. The van der Waals surface area contributed by atoms with Crippen LogP contribution in [0.2, 0.25) is 0 Å². The molecule has 0 spiro atoms. The summed E-state index contributed by atoms with van der Waals surface area (Å²) in [5.74, 6) is -0.773. The van der Waals surface area contributed by atoms with Crippen molar-refractivity contribution in [2.24, 2.45) is 5.41 Å². The van der Waals surface area contributed by atoms with E-state index >= 15 is 0 Å². The number of Topliss-reactive ketones (excluding diaryl/α,β-unsaturated/α-hetero) is 1. The molecule has 0 saturated carbocycles. The molecule has 1 atom stereocenters. The lowest BCUT2D eigenvalue weighted by Crippen LogP contribution is -2.36. The molecule has 1 aliphatic rings. The molecule has 0 amide bonds.